The molecule has 0 N–H and O–H groups in total. The third-order valence-corrected chi connectivity index (χ3v) is 14.5. The number of nitrogens with zero attached hydrogens (tertiary/aromatic N) is 1. The van der Waals surface area contributed by atoms with Gasteiger partial charge in [0, 0.05) is 17.1 Å². The van der Waals surface area contributed by atoms with E-state index in [-0.39, 0.29) is 0 Å². The lowest BCUT2D eigenvalue weighted by atomic mass is 9.89. The highest BCUT2D eigenvalue weighted by molar-refractivity contribution is 5.99. The summed E-state index contributed by atoms with van der Waals surface area (Å²) in [6.07, 6.45) is 6.98. The summed E-state index contributed by atoms with van der Waals surface area (Å²) in [5.74, 6) is 0. The average Bonchev–Trinajstić information content (AvgIpc) is 3.56. The molecule has 0 heterocycles. The molecule has 0 aliphatic rings. The van der Waals surface area contributed by atoms with Gasteiger partial charge >= 0.3 is 0 Å². The van der Waals surface area contributed by atoms with Gasteiger partial charge in [-0.15, -0.1) is 0 Å². The Bertz CT molecular complexity index is 3600. The first-order valence-electron chi connectivity index (χ1n) is 27.1. The van der Waals surface area contributed by atoms with Crippen LogP contribution in [0.15, 0.2) is 328 Å². The molecule has 0 bridgehead atoms. The minimum Gasteiger partial charge on any atom is -0.311 e. The molecule has 1 heteroatoms. The molecule has 0 amide bonds. The molecular weight excluding hydrogens is 951 g/mol. The van der Waals surface area contributed by atoms with Gasteiger partial charge in [-0.1, -0.05) is 291 Å². The molecule has 12 aromatic rings. The Morgan fingerprint density at radius 3 is 0.671 bits per heavy atom. The largest absolute Gasteiger partial charge is 0.311 e. The smallest absolute Gasteiger partial charge is 0.0462 e. The van der Waals surface area contributed by atoms with Crippen molar-refractivity contribution in [3.63, 3.8) is 0 Å². The molecule has 374 valence electrons. The van der Waals surface area contributed by atoms with Crippen LogP contribution in [-0.4, -0.2) is 0 Å². The maximum absolute atomic E-state index is 2.36. The highest BCUT2D eigenvalue weighted by Gasteiger charge is 2.18. The fraction of sp³-hybridized carbons (Fsp3) is 0. The molecular formula is C78H57N. The van der Waals surface area contributed by atoms with Crippen LogP contribution in [-0.2, 0) is 0 Å². The summed E-state index contributed by atoms with van der Waals surface area (Å²) in [7, 11) is 0. The minimum absolute atomic E-state index is 1.05. The zero-order valence-corrected chi connectivity index (χ0v) is 43.9. The molecule has 0 aliphatic carbocycles. The second-order valence-corrected chi connectivity index (χ2v) is 19.6. The Morgan fingerprint density at radius 2 is 0.418 bits per heavy atom. The molecule has 0 spiro atoms. The van der Waals surface area contributed by atoms with Crippen LogP contribution in [0, 0.1) is 0 Å². The normalized spacial score (nSPS) is 11.8. The molecule has 0 atom stereocenters. The fourth-order valence-electron chi connectivity index (χ4n) is 10.7. The first-order chi connectivity index (χ1) is 39.2. The summed E-state index contributed by atoms with van der Waals surface area (Å²) >= 11 is 0. The van der Waals surface area contributed by atoms with E-state index in [4.69, 9.17) is 0 Å². The number of hydrogen-bond acceptors (Lipinski definition) is 1. The zero-order valence-electron chi connectivity index (χ0n) is 43.9. The Morgan fingerprint density at radius 1 is 0.203 bits per heavy atom. The number of benzene rings is 12. The van der Waals surface area contributed by atoms with E-state index in [2.05, 4.69) is 351 Å². The molecule has 0 aliphatic heterocycles. The van der Waals surface area contributed by atoms with E-state index in [0.29, 0.717) is 0 Å². The number of hydrogen-bond donors (Lipinski definition) is 0. The van der Waals surface area contributed by atoms with Crippen molar-refractivity contribution in [2.75, 3.05) is 4.90 Å². The van der Waals surface area contributed by atoms with Crippen molar-refractivity contribution >= 4 is 52.0 Å². The average molecular weight is 1010 g/mol. The van der Waals surface area contributed by atoms with E-state index in [9.17, 15) is 0 Å². The summed E-state index contributed by atoms with van der Waals surface area (Å²) in [5, 5.41) is 0. The van der Waals surface area contributed by atoms with Crippen LogP contribution in [0.1, 0.15) is 50.1 Å². The quantitative estimate of drug-likeness (QED) is 0.0925. The summed E-state index contributed by atoms with van der Waals surface area (Å²) in [6.45, 7) is 0. The van der Waals surface area contributed by atoms with Gasteiger partial charge in [-0.3, -0.25) is 0 Å². The van der Waals surface area contributed by atoms with Crippen LogP contribution in [0.2, 0.25) is 0 Å². The van der Waals surface area contributed by atoms with Gasteiger partial charge in [0.05, 0.1) is 0 Å². The van der Waals surface area contributed by atoms with Crippen LogP contribution in [0.5, 0.6) is 0 Å². The van der Waals surface area contributed by atoms with Gasteiger partial charge in [0.2, 0.25) is 0 Å². The summed E-state index contributed by atoms with van der Waals surface area (Å²) < 4.78 is 0. The van der Waals surface area contributed by atoms with E-state index in [0.717, 1.165) is 50.4 Å². The third-order valence-electron chi connectivity index (χ3n) is 14.5. The lowest BCUT2D eigenvalue weighted by molar-refractivity contribution is 1.28. The van der Waals surface area contributed by atoms with Crippen molar-refractivity contribution in [1.29, 1.82) is 0 Å². The van der Waals surface area contributed by atoms with Crippen LogP contribution in [0.3, 0.4) is 0 Å². The minimum atomic E-state index is 1.05. The van der Waals surface area contributed by atoms with Crippen LogP contribution < -0.4 is 4.90 Å². The highest BCUT2D eigenvalue weighted by atomic mass is 15.1. The Labute approximate surface area is 465 Å². The predicted octanol–water partition coefficient (Wildman–Crippen LogP) is 20.9. The maximum atomic E-state index is 2.36. The second-order valence-electron chi connectivity index (χ2n) is 19.6. The Kier molecular flexibility index (Phi) is 14.9. The lowest BCUT2D eigenvalue weighted by Gasteiger charge is -2.26. The fourth-order valence-corrected chi connectivity index (χ4v) is 10.7. The molecule has 0 saturated heterocycles. The Hall–Kier alpha value is -10.3. The van der Waals surface area contributed by atoms with Crippen LogP contribution in [0.25, 0.3) is 68.3 Å². The van der Waals surface area contributed by atoms with Gasteiger partial charge in [-0.25, -0.2) is 0 Å². The van der Waals surface area contributed by atoms with Crippen molar-refractivity contribution in [3.8, 4) is 33.4 Å². The maximum Gasteiger partial charge on any atom is 0.0462 e. The SMILES string of the molecule is C(=C(/c1ccccc1)c1ccccc1-c1ccccc1)/c1ccc(N(c2ccc(/C=C(\c3ccccc3)c3ccccc3-c3ccccc3)cc2)c2ccc(/C=C(\c3ccccc3)c3ccccc3-c3ccccc3)cc2)cc1. The lowest BCUT2D eigenvalue weighted by Crippen LogP contribution is -2.10. The van der Waals surface area contributed by atoms with Gasteiger partial charge in [0.1, 0.15) is 0 Å². The molecule has 12 aromatic carbocycles. The van der Waals surface area contributed by atoms with Crippen molar-refractivity contribution < 1.29 is 0 Å². The monoisotopic (exact) mass is 1010 g/mol. The highest BCUT2D eigenvalue weighted by Crippen LogP contribution is 2.40. The second kappa shape index (κ2) is 23.7. The van der Waals surface area contributed by atoms with Crippen molar-refractivity contribution in [2.45, 2.75) is 0 Å². The van der Waals surface area contributed by atoms with Gasteiger partial charge in [-0.2, -0.15) is 0 Å². The van der Waals surface area contributed by atoms with Gasteiger partial charge in [0.15, 0.2) is 0 Å². The van der Waals surface area contributed by atoms with Crippen molar-refractivity contribution in [1.82, 2.24) is 0 Å². The molecule has 12 rings (SSSR count). The summed E-state index contributed by atoms with van der Waals surface area (Å²) in [4.78, 5) is 2.36. The van der Waals surface area contributed by atoms with Crippen molar-refractivity contribution in [3.05, 3.63) is 378 Å². The molecule has 1 nitrogen and oxygen atoms in total. The molecule has 0 fully saturated rings. The molecule has 79 heavy (non-hydrogen) atoms. The van der Waals surface area contributed by atoms with E-state index in [1.807, 2.05) is 0 Å². The van der Waals surface area contributed by atoms with Gasteiger partial charge in [0.25, 0.3) is 0 Å². The zero-order chi connectivity index (χ0) is 53.0. The van der Waals surface area contributed by atoms with E-state index >= 15 is 0 Å². The van der Waals surface area contributed by atoms with Crippen LogP contribution >= 0.6 is 0 Å². The van der Waals surface area contributed by atoms with E-state index in [1.165, 1.54) is 66.8 Å². The van der Waals surface area contributed by atoms with Gasteiger partial charge in [-0.05, 0) is 155 Å². The molecule has 0 aromatic heterocycles. The molecule has 0 unspecified atom stereocenters. The molecule has 0 saturated carbocycles. The molecule has 0 radical (unpaired) electrons. The first-order valence-corrected chi connectivity index (χ1v) is 27.1. The van der Waals surface area contributed by atoms with E-state index in [1.54, 1.807) is 0 Å². The van der Waals surface area contributed by atoms with Gasteiger partial charge < -0.3 is 4.90 Å². The third kappa shape index (κ3) is 11.3. The number of rotatable bonds is 15. The Balaban J connectivity index is 0.957. The topological polar surface area (TPSA) is 3.24 Å². The summed E-state index contributed by atoms with van der Waals surface area (Å²) in [5.41, 5.74) is 24.2. The van der Waals surface area contributed by atoms with Crippen molar-refractivity contribution in [2.24, 2.45) is 0 Å². The van der Waals surface area contributed by atoms with Crippen LogP contribution in [0.4, 0.5) is 17.1 Å². The first kappa shape index (κ1) is 49.5. The standard InChI is InChI=1S/C78H57N/c1-7-25-61(26-8-1)70-37-19-22-40-73(70)76(64-31-13-4-14-32-64)55-58-43-49-67(50-44-58)79(68-51-45-59(46-52-68)56-77(65-33-15-5-16-34-65)74-41-23-20-38-71(74)62-27-9-2-10-28-62)69-53-47-60(48-54-69)57-78(66-35-17-6-18-36-66)75-42-24-21-39-72(75)63-29-11-3-12-30-63/h1-57H/b76-55+,77-56+,78-57+. The predicted molar refractivity (Wildman–Crippen MR) is 337 cm³/mol. The summed E-state index contributed by atoms with van der Waals surface area (Å²) in [6, 6.07) is 117. The van der Waals surface area contributed by atoms with E-state index < -0.39 is 0 Å². The number of anilines is 3.